The molecule has 0 aromatic carbocycles. The van der Waals surface area contributed by atoms with Crippen molar-refractivity contribution in [1.82, 2.24) is 9.21 Å². The number of aliphatic carboxylic acids is 1. The second-order valence-corrected chi connectivity index (χ2v) is 7.47. The van der Waals surface area contributed by atoms with Crippen molar-refractivity contribution in [2.45, 2.75) is 25.7 Å². The molecule has 2 aliphatic rings. The predicted octanol–water partition coefficient (Wildman–Crippen LogP) is 0.209. The lowest BCUT2D eigenvalue weighted by Crippen LogP contribution is -2.43. The van der Waals surface area contributed by atoms with Gasteiger partial charge in [0.1, 0.15) is 0 Å². The molecule has 0 aromatic heterocycles. The fourth-order valence-electron chi connectivity index (χ4n) is 2.95. The van der Waals surface area contributed by atoms with E-state index in [1.807, 2.05) is 0 Å². The summed E-state index contributed by atoms with van der Waals surface area (Å²) < 4.78 is 24.9. The molecule has 6 nitrogen and oxygen atoms in total. The van der Waals surface area contributed by atoms with Crippen LogP contribution in [0.2, 0.25) is 0 Å². The Labute approximate surface area is 114 Å². The zero-order valence-electron chi connectivity index (χ0n) is 11.1. The third-order valence-electron chi connectivity index (χ3n) is 3.99. The molecule has 7 heteroatoms. The van der Waals surface area contributed by atoms with Crippen LogP contribution in [0.15, 0.2) is 0 Å². The van der Waals surface area contributed by atoms with E-state index < -0.39 is 21.7 Å². The molecule has 2 rings (SSSR count). The molecule has 110 valence electrons. The van der Waals surface area contributed by atoms with Crippen molar-refractivity contribution in [2.75, 3.05) is 38.5 Å². The molecular weight excluding hydrogens is 268 g/mol. The number of carboxylic acids is 1. The lowest BCUT2D eigenvalue weighted by Gasteiger charge is -2.32. The highest BCUT2D eigenvalue weighted by Crippen LogP contribution is 2.22. The van der Waals surface area contributed by atoms with Crippen LogP contribution in [-0.2, 0) is 14.8 Å². The van der Waals surface area contributed by atoms with Gasteiger partial charge in [-0.25, -0.2) is 12.7 Å². The van der Waals surface area contributed by atoms with Gasteiger partial charge in [-0.15, -0.1) is 0 Å². The van der Waals surface area contributed by atoms with E-state index in [0.717, 1.165) is 32.5 Å². The van der Waals surface area contributed by atoms with Crippen molar-refractivity contribution in [3.8, 4) is 0 Å². The van der Waals surface area contributed by atoms with Gasteiger partial charge in [0.2, 0.25) is 10.0 Å². The number of nitrogens with zero attached hydrogens (tertiary/aromatic N) is 2. The minimum absolute atomic E-state index is 0.466. The minimum Gasteiger partial charge on any atom is -0.480 e. The lowest BCUT2D eigenvalue weighted by molar-refractivity contribution is -0.134. The molecule has 0 amide bonds. The Morgan fingerprint density at radius 2 is 1.68 bits per heavy atom. The van der Waals surface area contributed by atoms with Gasteiger partial charge in [-0.05, 0) is 44.7 Å². The van der Waals surface area contributed by atoms with E-state index in [-0.39, 0.29) is 0 Å². The first-order valence-electron chi connectivity index (χ1n) is 6.89. The summed E-state index contributed by atoms with van der Waals surface area (Å²) in [6.45, 7) is 4.32. The number of piperidine rings is 1. The van der Waals surface area contributed by atoms with Crippen LogP contribution in [-0.4, -0.2) is 67.2 Å². The predicted molar refractivity (Wildman–Crippen MR) is 71.4 cm³/mol. The van der Waals surface area contributed by atoms with Crippen molar-refractivity contribution in [3.05, 3.63) is 0 Å². The summed E-state index contributed by atoms with van der Waals surface area (Å²) in [5, 5.41) is 8.61. The summed E-state index contributed by atoms with van der Waals surface area (Å²) in [5.74, 6) is -1.52. The Morgan fingerprint density at radius 1 is 1.11 bits per heavy atom. The standard InChI is InChI=1S/C12H22N2O4S/c15-12(16)10-19(17,18)14-7-3-11(4-8-14)9-13-5-1-2-6-13/h11H,1-10H2,(H,15,16). The maximum atomic E-state index is 11.8. The van der Waals surface area contributed by atoms with Crippen molar-refractivity contribution < 1.29 is 18.3 Å². The fraction of sp³-hybridized carbons (Fsp3) is 0.917. The van der Waals surface area contributed by atoms with Gasteiger partial charge in [0.05, 0.1) is 0 Å². The van der Waals surface area contributed by atoms with Gasteiger partial charge >= 0.3 is 5.97 Å². The molecule has 0 aliphatic carbocycles. The van der Waals surface area contributed by atoms with E-state index in [9.17, 15) is 13.2 Å². The molecule has 2 saturated heterocycles. The summed E-state index contributed by atoms with van der Waals surface area (Å²) in [7, 11) is -3.61. The van der Waals surface area contributed by atoms with Gasteiger partial charge < -0.3 is 10.0 Å². The SMILES string of the molecule is O=C(O)CS(=O)(=O)N1CCC(CN2CCCC2)CC1. The van der Waals surface area contributed by atoms with Crippen molar-refractivity contribution in [3.63, 3.8) is 0 Å². The molecule has 0 saturated carbocycles. The van der Waals surface area contributed by atoms with Gasteiger partial charge in [-0.1, -0.05) is 0 Å². The Hall–Kier alpha value is -0.660. The first kappa shape index (κ1) is 14.7. The maximum absolute atomic E-state index is 11.8. The Kier molecular flexibility index (Phi) is 4.81. The third kappa shape index (κ3) is 4.15. The van der Waals surface area contributed by atoms with Gasteiger partial charge in [0, 0.05) is 19.6 Å². The third-order valence-corrected chi connectivity index (χ3v) is 5.75. The topological polar surface area (TPSA) is 77.9 Å². The van der Waals surface area contributed by atoms with Crippen LogP contribution in [0.4, 0.5) is 0 Å². The molecule has 2 aliphatic heterocycles. The number of sulfonamides is 1. The summed E-state index contributed by atoms with van der Waals surface area (Å²) in [4.78, 5) is 13.0. The monoisotopic (exact) mass is 290 g/mol. The van der Waals surface area contributed by atoms with Crippen LogP contribution in [0.1, 0.15) is 25.7 Å². The van der Waals surface area contributed by atoms with Gasteiger partial charge in [0.15, 0.2) is 5.75 Å². The van der Waals surface area contributed by atoms with E-state index in [1.165, 1.54) is 17.1 Å². The fourth-order valence-corrected chi connectivity index (χ4v) is 4.21. The van der Waals surface area contributed by atoms with E-state index >= 15 is 0 Å². The molecule has 0 spiro atoms. The van der Waals surface area contributed by atoms with Gasteiger partial charge in [-0.3, -0.25) is 4.79 Å². The Bertz CT molecular complexity index is 409. The van der Waals surface area contributed by atoms with Crippen LogP contribution in [0.5, 0.6) is 0 Å². The summed E-state index contributed by atoms with van der Waals surface area (Å²) in [6, 6.07) is 0. The number of hydrogen-bond acceptors (Lipinski definition) is 4. The molecule has 0 aromatic rings. The van der Waals surface area contributed by atoms with Crippen molar-refractivity contribution >= 4 is 16.0 Å². The molecule has 2 heterocycles. The quantitative estimate of drug-likeness (QED) is 0.783. The van der Waals surface area contributed by atoms with Gasteiger partial charge in [-0.2, -0.15) is 0 Å². The summed E-state index contributed by atoms with van der Waals surface area (Å²) in [6.07, 6.45) is 4.22. The number of rotatable bonds is 5. The van der Waals surface area contributed by atoms with E-state index in [0.29, 0.717) is 19.0 Å². The largest absolute Gasteiger partial charge is 0.480 e. The smallest absolute Gasteiger partial charge is 0.320 e. The summed E-state index contributed by atoms with van der Waals surface area (Å²) >= 11 is 0. The molecule has 0 unspecified atom stereocenters. The first-order valence-corrected chi connectivity index (χ1v) is 8.50. The second kappa shape index (κ2) is 6.19. The molecule has 2 fully saturated rings. The molecule has 0 bridgehead atoms. The minimum atomic E-state index is -3.61. The van der Waals surface area contributed by atoms with Crippen LogP contribution < -0.4 is 0 Å². The van der Waals surface area contributed by atoms with Crippen molar-refractivity contribution in [2.24, 2.45) is 5.92 Å². The average molecular weight is 290 g/mol. The Balaban J connectivity index is 1.80. The molecule has 1 N–H and O–H groups in total. The molecular formula is C12H22N2O4S. The van der Waals surface area contributed by atoms with Crippen LogP contribution >= 0.6 is 0 Å². The molecule has 19 heavy (non-hydrogen) atoms. The number of hydrogen-bond donors (Lipinski definition) is 1. The lowest BCUT2D eigenvalue weighted by atomic mass is 9.98. The average Bonchev–Trinajstić information content (AvgIpc) is 2.81. The molecule has 0 radical (unpaired) electrons. The van der Waals surface area contributed by atoms with E-state index in [4.69, 9.17) is 5.11 Å². The van der Waals surface area contributed by atoms with Gasteiger partial charge in [0.25, 0.3) is 0 Å². The summed E-state index contributed by atoms with van der Waals surface area (Å²) in [5.41, 5.74) is 0. The number of carboxylic acid groups (broad SMARTS) is 1. The Morgan fingerprint density at radius 3 is 2.21 bits per heavy atom. The maximum Gasteiger partial charge on any atom is 0.320 e. The second-order valence-electron chi connectivity index (χ2n) is 5.50. The zero-order chi connectivity index (χ0) is 13.9. The van der Waals surface area contributed by atoms with Crippen LogP contribution in [0, 0.1) is 5.92 Å². The van der Waals surface area contributed by atoms with Crippen LogP contribution in [0.3, 0.4) is 0 Å². The highest BCUT2D eigenvalue weighted by atomic mass is 32.2. The number of likely N-dealkylation sites (tertiary alicyclic amines) is 1. The van der Waals surface area contributed by atoms with E-state index in [2.05, 4.69) is 4.90 Å². The van der Waals surface area contributed by atoms with E-state index in [1.54, 1.807) is 0 Å². The first-order chi connectivity index (χ1) is 8.97. The zero-order valence-corrected chi connectivity index (χ0v) is 11.9. The highest BCUT2D eigenvalue weighted by Gasteiger charge is 2.30. The normalized spacial score (nSPS) is 23.8. The number of carbonyl (C=O) groups is 1. The highest BCUT2D eigenvalue weighted by molar-refractivity contribution is 7.89. The van der Waals surface area contributed by atoms with Crippen LogP contribution in [0.25, 0.3) is 0 Å². The molecule has 0 atom stereocenters. The van der Waals surface area contributed by atoms with Crippen molar-refractivity contribution in [1.29, 1.82) is 0 Å².